The van der Waals surface area contributed by atoms with Crippen molar-refractivity contribution in [2.75, 3.05) is 6.54 Å². The van der Waals surface area contributed by atoms with Gasteiger partial charge in [0.05, 0.1) is 17.4 Å². The molecular weight excluding hydrogens is 258 g/mol. The summed E-state index contributed by atoms with van der Waals surface area (Å²) in [7, 11) is 0. The van der Waals surface area contributed by atoms with Crippen molar-refractivity contribution in [1.82, 2.24) is 4.90 Å². The summed E-state index contributed by atoms with van der Waals surface area (Å²) in [5.41, 5.74) is 0.840. The Labute approximate surface area is 117 Å². The van der Waals surface area contributed by atoms with Crippen LogP contribution in [0.25, 0.3) is 0 Å². The minimum atomic E-state index is -0.515. The molecule has 1 aromatic carbocycles. The largest absolute Gasteiger partial charge is 0.335 e. The molecule has 0 unspecified atom stereocenters. The van der Waals surface area contributed by atoms with Gasteiger partial charge in [-0.05, 0) is 32.4 Å². The number of carbonyl (C=O) groups excluding carboxylic acids is 1. The first kappa shape index (κ1) is 15.6. The highest BCUT2D eigenvalue weighted by Gasteiger charge is 2.21. The molecule has 0 bridgehead atoms. The zero-order chi connectivity index (χ0) is 15.3. The molecule has 1 rings (SSSR count). The maximum Gasteiger partial charge on any atom is 0.270 e. The molecular formula is C14H17N3O3. The number of nitriles is 1. The number of hydrogen-bond donors (Lipinski definition) is 0. The summed E-state index contributed by atoms with van der Waals surface area (Å²) >= 11 is 0. The topological polar surface area (TPSA) is 87.2 Å². The second-order valence-electron chi connectivity index (χ2n) is 4.81. The Morgan fingerprint density at radius 3 is 2.60 bits per heavy atom. The smallest absolute Gasteiger partial charge is 0.270 e. The van der Waals surface area contributed by atoms with Gasteiger partial charge in [0.1, 0.15) is 0 Å². The Morgan fingerprint density at radius 2 is 2.10 bits per heavy atom. The second kappa shape index (κ2) is 6.66. The lowest BCUT2D eigenvalue weighted by Crippen LogP contribution is -2.37. The van der Waals surface area contributed by atoms with E-state index in [2.05, 4.69) is 0 Å². The molecule has 6 heteroatoms. The normalized spacial score (nSPS) is 10.2. The molecule has 6 nitrogen and oxygen atoms in total. The fourth-order valence-corrected chi connectivity index (χ4v) is 1.92. The van der Waals surface area contributed by atoms with Crippen LogP contribution in [0.4, 0.5) is 5.69 Å². The molecule has 0 radical (unpaired) electrons. The molecule has 106 valence electrons. The summed E-state index contributed by atoms with van der Waals surface area (Å²) < 4.78 is 0. The predicted octanol–water partition coefficient (Wildman–Crippen LogP) is 2.67. The van der Waals surface area contributed by atoms with Gasteiger partial charge in [0, 0.05) is 30.3 Å². The Hall–Kier alpha value is -2.42. The average molecular weight is 275 g/mol. The van der Waals surface area contributed by atoms with E-state index < -0.39 is 4.92 Å². The fourth-order valence-electron chi connectivity index (χ4n) is 1.92. The lowest BCUT2D eigenvalue weighted by Gasteiger charge is -2.26. The summed E-state index contributed by atoms with van der Waals surface area (Å²) in [6.07, 6.45) is 0.234. The van der Waals surface area contributed by atoms with Gasteiger partial charge in [-0.2, -0.15) is 5.26 Å². The number of hydrogen-bond acceptors (Lipinski definition) is 4. The molecule has 0 aliphatic heterocycles. The highest BCUT2D eigenvalue weighted by Crippen LogP contribution is 2.19. The lowest BCUT2D eigenvalue weighted by atomic mass is 10.1. The first-order chi connectivity index (χ1) is 9.36. The van der Waals surface area contributed by atoms with Crippen molar-refractivity contribution >= 4 is 11.6 Å². The second-order valence-corrected chi connectivity index (χ2v) is 4.81. The van der Waals surface area contributed by atoms with Crippen LogP contribution < -0.4 is 0 Å². The Morgan fingerprint density at radius 1 is 1.45 bits per heavy atom. The highest BCUT2D eigenvalue weighted by molar-refractivity contribution is 5.95. The molecule has 0 saturated heterocycles. The summed E-state index contributed by atoms with van der Waals surface area (Å²) in [6, 6.07) is 6.24. The molecule has 0 aromatic heterocycles. The zero-order valence-corrected chi connectivity index (χ0v) is 11.8. The number of nitro benzene ring substituents is 1. The highest BCUT2D eigenvalue weighted by atomic mass is 16.6. The molecule has 1 aromatic rings. The van der Waals surface area contributed by atoms with Gasteiger partial charge in [-0.1, -0.05) is 0 Å². The zero-order valence-electron chi connectivity index (χ0n) is 11.8. The van der Waals surface area contributed by atoms with Crippen LogP contribution in [0.2, 0.25) is 0 Å². The number of rotatable bonds is 5. The number of non-ortho nitro benzene ring substituents is 1. The third-order valence-electron chi connectivity index (χ3n) is 2.87. The van der Waals surface area contributed by atoms with Crippen LogP contribution in [0.15, 0.2) is 18.2 Å². The molecule has 0 atom stereocenters. The maximum atomic E-state index is 12.4. The van der Waals surface area contributed by atoms with Crippen LogP contribution in [0.1, 0.15) is 36.2 Å². The molecule has 0 heterocycles. The van der Waals surface area contributed by atoms with E-state index >= 15 is 0 Å². The fraction of sp³-hybridized carbons (Fsp3) is 0.429. The van der Waals surface area contributed by atoms with Crippen molar-refractivity contribution in [2.45, 2.75) is 33.2 Å². The van der Waals surface area contributed by atoms with Gasteiger partial charge in [-0.3, -0.25) is 14.9 Å². The Kier molecular flexibility index (Phi) is 5.21. The van der Waals surface area contributed by atoms with Crippen molar-refractivity contribution in [1.29, 1.82) is 5.26 Å². The average Bonchev–Trinajstić information content (AvgIpc) is 2.37. The number of nitrogens with zero attached hydrogens (tertiary/aromatic N) is 3. The van der Waals surface area contributed by atoms with E-state index in [1.807, 2.05) is 19.9 Å². The molecule has 0 saturated carbocycles. The molecule has 0 N–H and O–H groups in total. The monoisotopic (exact) mass is 275 g/mol. The van der Waals surface area contributed by atoms with E-state index in [-0.39, 0.29) is 29.6 Å². The summed E-state index contributed by atoms with van der Waals surface area (Å²) in [5.74, 6) is -0.290. The van der Waals surface area contributed by atoms with Crippen LogP contribution in [-0.4, -0.2) is 28.3 Å². The summed E-state index contributed by atoms with van der Waals surface area (Å²) in [6.45, 7) is 5.71. The third kappa shape index (κ3) is 3.79. The van der Waals surface area contributed by atoms with Crippen LogP contribution in [-0.2, 0) is 0 Å². The van der Waals surface area contributed by atoms with Crippen molar-refractivity contribution < 1.29 is 9.72 Å². The molecule has 0 fully saturated rings. The van der Waals surface area contributed by atoms with Crippen LogP contribution in [0, 0.1) is 28.4 Å². The van der Waals surface area contributed by atoms with Gasteiger partial charge < -0.3 is 4.90 Å². The van der Waals surface area contributed by atoms with Gasteiger partial charge in [0.25, 0.3) is 11.6 Å². The van der Waals surface area contributed by atoms with E-state index in [0.717, 1.165) is 0 Å². The van der Waals surface area contributed by atoms with Gasteiger partial charge in [0.15, 0.2) is 0 Å². The van der Waals surface area contributed by atoms with Gasteiger partial charge >= 0.3 is 0 Å². The minimum absolute atomic E-state index is 0.0737. The van der Waals surface area contributed by atoms with Gasteiger partial charge in [-0.15, -0.1) is 0 Å². The minimum Gasteiger partial charge on any atom is -0.335 e. The molecule has 0 aliphatic rings. The van der Waals surface area contributed by atoms with Crippen molar-refractivity contribution in [3.63, 3.8) is 0 Å². The van der Waals surface area contributed by atoms with Gasteiger partial charge in [0.2, 0.25) is 0 Å². The van der Waals surface area contributed by atoms with E-state index in [4.69, 9.17) is 5.26 Å². The predicted molar refractivity (Wildman–Crippen MR) is 74.2 cm³/mol. The first-order valence-corrected chi connectivity index (χ1v) is 6.30. The van der Waals surface area contributed by atoms with E-state index in [1.54, 1.807) is 17.9 Å². The lowest BCUT2D eigenvalue weighted by molar-refractivity contribution is -0.384. The summed E-state index contributed by atoms with van der Waals surface area (Å²) in [5, 5.41) is 19.5. The Balaban J connectivity index is 3.11. The SMILES string of the molecule is Cc1cc(C(=O)N(CCC#N)C(C)C)cc([N+](=O)[O-])c1. The van der Waals surface area contributed by atoms with E-state index in [0.29, 0.717) is 12.1 Å². The Bertz CT molecular complexity index is 561. The van der Waals surface area contributed by atoms with Gasteiger partial charge in [-0.25, -0.2) is 0 Å². The first-order valence-electron chi connectivity index (χ1n) is 6.30. The standard InChI is InChI=1S/C14H17N3O3/c1-10(2)16(6-4-5-15)14(18)12-7-11(3)8-13(9-12)17(19)20/h7-10H,4,6H2,1-3H3. The quantitative estimate of drug-likeness (QED) is 0.610. The number of nitro groups is 1. The van der Waals surface area contributed by atoms with E-state index in [1.165, 1.54) is 12.1 Å². The summed E-state index contributed by atoms with van der Waals surface area (Å²) in [4.78, 5) is 24.3. The molecule has 1 amide bonds. The van der Waals surface area contributed by atoms with Crippen LogP contribution >= 0.6 is 0 Å². The molecule has 20 heavy (non-hydrogen) atoms. The molecule has 0 aliphatic carbocycles. The number of carbonyl (C=O) groups is 1. The number of benzene rings is 1. The third-order valence-corrected chi connectivity index (χ3v) is 2.87. The van der Waals surface area contributed by atoms with Crippen molar-refractivity contribution in [3.8, 4) is 6.07 Å². The maximum absolute atomic E-state index is 12.4. The van der Waals surface area contributed by atoms with Crippen LogP contribution in [0.3, 0.4) is 0 Å². The number of amides is 1. The van der Waals surface area contributed by atoms with Crippen LogP contribution in [0.5, 0.6) is 0 Å². The molecule has 0 spiro atoms. The number of aryl methyl sites for hydroxylation is 1. The van der Waals surface area contributed by atoms with Crippen molar-refractivity contribution in [3.05, 3.63) is 39.4 Å². The van der Waals surface area contributed by atoms with Crippen molar-refractivity contribution in [2.24, 2.45) is 0 Å². The van der Waals surface area contributed by atoms with E-state index in [9.17, 15) is 14.9 Å².